The van der Waals surface area contributed by atoms with Gasteiger partial charge >= 0.3 is 0 Å². The van der Waals surface area contributed by atoms with Crippen molar-refractivity contribution < 1.29 is 9.53 Å². The first-order valence-electron chi connectivity index (χ1n) is 5.95. The lowest BCUT2D eigenvalue weighted by molar-refractivity contribution is -0.130. The Morgan fingerprint density at radius 2 is 2.24 bits per heavy atom. The minimum atomic E-state index is 0.154. The van der Waals surface area contributed by atoms with Crippen molar-refractivity contribution >= 4 is 11.6 Å². The summed E-state index contributed by atoms with van der Waals surface area (Å²) in [7, 11) is 0. The molecule has 1 saturated heterocycles. The van der Waals surface area contributed by atoms with E-state index < -0.39 is 0 Å². The fraction of sp³-hybridized carbons (Fsp3) is 0.462. The summed E-state index contributed by atoms with van der Waals surface area (Å²) in [6, 6.07) is 7.49. The van der Waals surface area contributed by atoms with Crippen LogP contribution in [0.1, 0.15) is 12.0 Å². The summed E-state index contributed by atoms with van der Waals surface area (Å²) < 4.78 is 5.33. The first-order valence-corrected chi connectivity index (χ1v) is 5.95. The van der Waals surface area contributed by atoms with E-state index in [0.29, 0.717) is 25.3 Å². The van der Waals surface area contributed by atoms with Crippen LogP contribution in [0.4, 0.5) is 5.69 Å². The Morgan fingerprint density at radius 1 is 1.35 bits per heavy atom. The maximum absolute atomic E-state index is 12.1. The summed E-state index contributed by atoms with van der Waals surface area (Å²) in [5.74, 6) is 0.154. The molecule has 2 rings (SSSR count). The Kier molecular flexibility index (Phi) is 3.98. The van der Waals surface area contributed by atoms with Crippen LogP contribution in [-0.2, 0) is 16.0 Å². The van der Waals surface area contributed by atoms with Crippen molar-refractivity contribution in [1.29, 1.82) is 0 Å². The standard InChI is InChI=1S/C13H18N2O2/c14-12-4-1-3-11(9-12)10-13(16)15-5-2-7-17-8-6-15/h1,3-4,9H,2,5-8,10,14H2. The van der Waals surface area contributed by atoms with Crippen LogP contribution in [0.5, 0.6) is 0 Å². The molecule has 0 bridgehead atoms. The highest BCUT2D eigenvalue weighted by Gasteiger charge is 2.15. The van der Waals surface area contributed by atoms with Crippen molar-refractivity contribution in [2.24, 2.45) is 0 Å². The second-order valence-electron chi connectivity index (χ2n) is 4.27. The van der Waals surface area contributed by atoms with Gasteiger partial charge in [-0.15, -0.1) is 0 Å². The lowest BCUT2D eigenvalue weighted by Crippen LogP contribution is -2.34. The van der Waals surface area contributed by atoms with Gasteiger partial charge in [0.25, 0.3) is 0 Å². The molecule has 92 valence electrons. The molecule has 17 heavy (non-hydrogen) atoms. The van der Waals surface area contributed by atoms with Gasteiger partial charge in [-0.3, -0.25) is 4.79 Å². The van der Waals surface area contributed by atoms with Gasteiger partial charge in [0, 0.05) is 25.4 Å². The number of nitrogens with two attached hydrogens (primary N) is 1. The maximum Gasteiger partial charge on any atom is 0.227 e. The fourth-order valence-corrected chi connectivity index (χ4v) is 1.98. The first-order chi connectivity index (χ1) is 8.25. The number of nitrogen functional groups attached to an aromatic ring is 1. The lowest BCUT2D eigenvalue weighted by Gasteiger charge is -2.19. The van der Waals surface area contributed by atoms with Crippen molar-refractivity contribution in [3.8, 4) is 0 Å². The molecule has 0 saturated carbocycles. The summed E-state index contributed by atoms with van der Waals surface area (Å²) in [5.41, 5.74) is 7.37. The van der Waals surface area contributed by atoms with Crippen molar-refractivity contribution in [2.45, 2.75) is 12.8 Å². The Hall–Kier alpha value is -1.55. The molecule has 0 aromatic heterocycles. The van der Waals surface area contributed by atoms with E-state index in [0.717, 1.165) is 25.1 Å². The summed E-state index contributed by atoms with van der Waals surface area (Å²) >= 11 is 0. The smallest absolute Gasteiger partial charge is 0.227 e. The minimum Gasteiger partial charge on any atom is -0.399 e. The number of hydrogen-bond acceptors (Lipinski definition) is 3. The molecule has 0 spiro atoms. The van der Waals surface area contributed by atoms with Gasteiger partial charge in [-0.1, -0.05) is 12.1 Å². The van der Waals surface area contributed by atoms with E-state index in [1.807, 2.05) is 29.2 Å². The largest absolute Gasteiger partial charge is 0.399 e. The summed E-state index contributed by atoms with van der Waals surface area (Å²) in [4.78, 5) is 13.9. The molecule has 4 heteroatoms. The Morgan fingerprint density at radius 3 is 3.06 bits per heavy atom. The molecule has 2 N–H and O–H groups in total. The monoisotopic (exact) mass is 234 g/mol. The highest BCUT2D eigenvalue weighted by molar-refractivity contribution is 5.79. The molecular formula is C13H18N2O2. The number of hydrogen-bond donors (Lipinski definition) is 1. The number of ether oxygens (including phenoxy) is 1. The van der Waals surface area contributed by atoms with Crippen LogP contribution >= 0.6 is 0 Å². The van der Waals surface area contributed by atoms with Gasteiger partial charge in [0.2, 0.25) is 5.91 Å². The third-order valence-corrected chi connectivity index (χ3v) is 2.88. The molecule has 0 unspecified atom stereocenters. The van der Waals surface area contributed by atoms with E-state index in [1.165, 1.54) is 0 Å². The van der Waals surface area contributed by atoms with Crippen molar-refractivity contribution in [2.75, 3.05) is 32.0 Å². The molecule has 1 aliphatic heterocycles. The zero-order valence-electron chi connectivity index (χ0n) is 9.89. The Bertz CT molecular complexity index is 385. The topological polar surface area (TPSA) is 55.6 Å². The number of carbonyl (C=O) groups is 1. The fourth-order valence-electron chi connectivity index (χ4n) is 1.98. The molecule has 1 aliphatic rings. The average molecular weight is 234 g/mol. The van der Waals surface area contributed by atoms with Crippen LogP contribution in [-0.4, -0.2) is 37.1 Å². The number of nitrogens with zero attached hydrogens (tertiary/aromatic N) is 1. The molecule has 0 aliphatic carbocycles. The van der Waals surface area contributed by atoms with E-state index >= 15 is 0 Å². The van der Waals surface area contributed by atoms with Crippen LogP contribution in [0.15, 0.2) is 24.3 Å². The first kappa shape index (κ1) is 11.9. The third-order valence-electron chi connectivity index (χ3n) is 2.88. The maximum atomic E-state index is 12.1. The Balaban J connectivity index is 1.95. The minimum absolute atomic E-state index is 0.154. The summed E-state index contributed by atoms with van der Waals surface area (Å²) in [6.07, 6.45) is 1.34. The van der Waals surface area contributed by atoms with Gasteiger partial charge in [-0.05, 0) is 24.1 Å². The highest BCUT2D eigenvalue weighted by Crippen LogP contribution is 2.09. The zero-order valence-corrected chi connectivity index (χ0v) is 9.89. The normalized spacial score (nSPS) is 16.6. The van der Waals surface area contributed by atoms with Crippen molar-refractivity contribution in [3.05, 3.63) is 29.8 Å². The highest BCUT2D eigenvalue weighted by atomic mass is 16.5. The quantitative estimate of drug-likeness (QED) is 0.778. The van der Waals surface area contributed by atoms with Crippen LogP contribution in [0.25, 0.3) is 0 Å². The SMILES string of the molecule is Nc1cccc(CC(=O)N2CCCOCC2)c1. The molecule has 1 fully saturated rings. The van der Waals surface area contributed by atoms with Crippen LogP contribution in [0, 0.1) is 0 Å². The van der Waals surface area contributed by atoms with Crippen molar-refractivity contribution in [1.82, 2.24) is 4.90 Å². The van der Waals surface area contributed by atoms with Gasteiger partial charge in [-0.25, -0.2) is 0 Å². The molecule has 1 amide bonds. The van der Waals surface area contributed by atoms with Crippen molar-refractivity contribution in [3.63, 3.8) is 0 Å². The van der Waals surface area contributed by atoms with E-state index in [-0.39, 0.29) is 5.91 Å². The van der Waals surface area contributed by atoms with Crippen LogP contribution in [0.3, 0.4) is 0 Å². The molecule has 4 nitrogen and oxygen atoms in total. The number of anilines is 1. The van der Waals surface area contributed by atoms with Gasteiger partial charge < -0.3 is 15.4 Å². The molecule has 0 atom stereocenters. The molecule has 0 radical (unpaired) electrons. The molecule has 1 heterocycles. The average Bonchev–Trinajstić information content (AvgIpc) is 2.57. The number of benzene rings is 1. The second-order valence-corrected chi connectivity index (χ2v) is 4.27. The second kappa shape index (κ2) is 5.68. The van der Waals surface area contributed by atoms with Crippen LogP contribution < -0.4 is 5.73 Å². The number of rotatable bonds is 2. The van der Waals surface area contributed by atoms with E-state index in [4.69, 9.17) is 10.5 Å². The molecule has 1 aromatic carbocycles. The number of amides is 1. The molecule has 1 aromatic rings. The summed E-state index contributed by atoms with van der Waals surface area (Å²) in [6.45, 7) is 2.88. The van der Waals surface area contributed by atoms with Crippen LogP contribution in [0.2, 0.25) is 0 Å². The predicted octanol–water partition coefficient (Wildman–Crippen LogP) is 1.06. The van der Waals surface area contributed by atoms with E-state index in [9.17, 15) is 4.79 Å². The number of carbonyl (C=O) groups excluding carboxylic acids is 1. The lowest BCUT2D eigenvalue weighted by atomic mass is 10.1. The summed E-state index contributed by atoms with van der Waals surface area (Å²) in [5, 5.41) is 0. The van der Waals surface area contributed by atoms with E-state index in [1.54, 1.807) is 0 Å². The van der Waals surface area contributed by atoms with Gasteiger partial charge in [0.1, 0.15) is 0 Å². The molecular weight excluding hydrogens is 216 g/mol. The van der Waals surface area contributed by atoms with Gasteiger partial charge in [-0.2, -0.15) is 0 Å². The predicted molar refractivity (Wildman–Crippen MR) is 66.6 cm³/mol. The zero-order chi connectivity index (χ0) is 12.1. The van der Waals surface area contributed by atoms with E-state index in [2.05, 4.69) is 0 Å². The van der Waals surface area contributed by atoms with Gasteiger partial charge in [0.05, 0.1) is 13.0 Å². The third kappa shape index (κ3) is 3.46. The Labute approximate surface area is 101 Å². The van der Waals surface area contributed by atoms with Gasteiger partial charge in [0.15, 0.2) is 0 Å².